The van der Waals surface area contributed by atoms with Crippen LogP contribution in [0.1, 0.15) is 22.8 Å². The molecule has 21 heavy (non-hydrogen) atoms. The van der Waals surface area contributed by atoms with E-state index < -0.39 is 11.0 Å². The Morgan fingerprint density at radius 2 is 1.86 bits per heavy atom. The third-order valence-electron chi connectivity index (χ3n) is 3.05. The summed E-state index contributed by atoms with van der Waals surface area (Å²) in [5.74, 6) is 0.138. The number of non-ortho nitro benzene ring substituents is 1. The molecule has 108 valence electrons. The van der Waals surface area contributed by atoms with Gasteiger partial charge in [-0.05, 0) is 19.9 Å². The van der Waals surface area contributed by atoms with Crippen molar-refractivity contribution in [3.63, 3.8) is 0 Å². The lowest BCUT2D eigenvalue weighted by molar-refractivity contribution is -0.384. The van der Waals surface area contributed by atoms with Crippen molar-refractivity contribution >= 4 is 11.5 Å². The fourth-order valence-corrected chi connectivity index (χ4v) is 1.88. The number of carbonyl (C=O) groups is 1. The van der Waals surface area contributed by atoms with Crippen LogP contribution in [0.3, 0.4) is 0 Å². The van der Waals surface area contributed by atoms with Gasteiger partial charge < -0.3 is 4.74 Å². The number of nitro groups is 1. The number of rotatable bonds is 5. The van der Waals surface area contributed by atoms with Gasteiger partial charge in [0.2, 0.25) is 5.78 Å². The van der Waals surface area contributed by atoms with Crippen LogP contribution in [0.15, 0.2) is 48.5 Å². The van der Waals surface area contributed by atoms with Gasteiger partial charge in [0.1, 0.15) is 5.75 Å². The molecule has 0 spiro atoms. The van der Waals surface area contributed by atoms with Crippen molar-refractivity contribution in [3.05, 3.63) is 69.8 Å². The third-order valence-corrected chi connectivity index (χ3v) is 3.05. The summed E-state index contributed by atoms with van der Waals surface area (Å²) < 4.78 is 5.50. The monoisotopic (exact) mass is 285 g/mol. The van der Waals surface area contributed by atoms with Crippen LogP contribution in [0.25, 0.3) is 0 Å². The van der Waals surface area contributed by atoms with Gasteiger partial charge in [0.15, 0.2) is 6.10 Å². The summed E-state index contributed by atoms with van der Waals surface area (Å²) in [4.78, 5) is 22.4. The van der Waals surface area contributed by atoms with Crippen molar-refractivity contribution in [2.24, 2.45) is 0 Å². The second-order valence-electron chi connectivity index (χ2n) is 4.74. The Morgan fingerprint density at radius 1 is 1.19 bits per heavy atom. The molecule has 0 radical (unpaired) electrons. The molecule has 0 saturated heterocycles. The van der Waals surface area contributed by atoms with E-state index >= 15 is 0 Å². The Labute approximate surface area is 122 Å². The zero-order chi connectivity index (χ0) is 15.4. The normalized spacial score (nSPS) is 11.7. The van der Waals surface area contributed by atoms with Gasteiger partial charge in [0.05, 0.1) is 11.0 Å². The van der Waals surface area contributed by atoms with Crippen LogP contribution in [-0.4, -0.2) is 16.8 Å². The Kier molecular flexibility index (Phi) is 4.33. The maximum Gasteiger partial charge on any atom is 0.273 e. The molecule has 0 aromatic heterocycles. The minimum atomic E-state index is -0.713. The number of aryl methyl sites for hydroxylation is 1. The van der Waals surface area contributed by atoms with E-state index in [4.69, 9.17) is 4.74 Å². The summed E-state index contributed by atoms with van der Waals surface area (Å²) in [5.41, 5.74) is 1.56. The Hall–Kier alpha value is -2.69. The zero-order valence-electron chi connectivity index (χ0n) is 11.8. The molecular weight excluding hydrogens is 270 g/mol. The maximum absolute atomic E-state index is 12.2. The second-order valence-corrected chi connectivity index (χ2v) is 4.74. The van der Waals surface area contributed by atoms with Gasteiger partial charge in [-0.15, -0.1) is 0 Å². The summed E-state index contributed by atoms with van der Waals surface area (Å²) >= 11 is 0. The van der Waals surface area contributed by atoms with Crippen molar-refractivity contribution in [1.29, 1.82) is 0 Å². The van der Waals surface area contributed by atoms with E-state index in [0.29, 0.717) is 11.3 Å². The van der Waals surface area contributed by atoms with Crippen molar-refractivity contribution < 1.29 is 14.5 Å². The van der Waals surface area contributed by atoms with Crippen LogP contribution < -0.4 is 4.74 Å². The molecule has 0 heterocycles. The summed E-state index contributed by atoms with van der Waals surface area (Å²) in [6.45, 7) is 3.57. The molecule has 5 heteroatoms. The lowest BCUT2D eigenvalue weighted by atomic mass is 10.1. The number of ether oxygens (including phenoxy) is 1. The molecule has 0 aliphatic heterocycles. The van der Waals surface area contributed by atoms with E-state index in [9.17, 15) is 14.9 Å². The molecule has 2 aromatic rings. The number of benzene rings is 2. The van der Waals surface area contributed by atoms with Crippen LogP contribution in [-0.2, 0) is 0 Å². The third kappa shape index (κ3) is 3.66. The smallest absolute Gasteiger partial charge is 0.273 e. The summed E-state index contributed by atoms with van der Waals surface area (Å²) in [6.07, 6.45) is -0.713. The number of carbonyl (C=O) groups excluding carboxylic acids is 1. The fraction of sp³-hybridized carbons (Fsp3) is 0.188. The molecular formula is C16H15NO4. The number of hydrogen-bond donors (Lipinski definition) is 0. The first-order valence-electron chi connectivity index (χ1n) is 6.49. The minimum Gasteiger partial charge on any atom is -0.482 e. The number of nitro benzene ring substituents is 1. The molecule has 5 nitrogen and oxygen atoms in total. The Morgan fingerprint density at radius 3 is 2.48 bits per heavy atom. The van der Waals surface area contributed by atoms with Gasteiger partial charge in [0.25, 0.3) is 5.69 Å². The van der Waals surface area contributed by atoms with Crippen molar-refractivity contribution in [2.75, 3.05) is 0 Å². The molecule has 0 bridgehead atoms. The van der Waals surface area contributed by atoms with E-state index in [1.807, 2.05) is 19.1 Å². The number of nitrogens with zero attached hydrogens (tertiary/aromatic N) is 1. The highest BCUT2D eigenvalue weighted by atomic mass is 16.6. The molecule has 2 aromatic carbocycles. The molecule has 0 aliphatic rings. The number of Topliss-reactive ketones (excluding diaryl/α,β-unsaturated/α-hetero) is 1. The van der Waals surface area contributed by atoms with Gasteiger partial charge in [-0.1, -0.05) is 35.9 Å². The van der Waals surface area contributed by atoms with Crippen molar-refractivity contribution in [1.82, 2.24) is 0 Å². The Bertz CT molecular complexity index is 664. The van der Waals surface area contributed by atoms with Gasteiger partial charge in [-0.25, -0.2) is 0 Å². The minimum absolute atomic E-state index is 0.0671. The first-order chi connectivity index (χ1) is 9.97. The van der Waals surface area contributed by atoms with Gasteiger partial charge in [0, 0.05) is 11.6 Å². The van der Waals surface area contributed by atoms with Crippen LogP contribution in [0.2, 0.25) is 0 Å². The first-order valence-corrected chi connectivity index (χ1v) is 6.49. The van der Waals surface area contributed by atoms with E-state index in [-0.39, 0.29) is 11.5 Å². The molecule has 0 amide bonds. The lowest BCUT2D eigenvalue weighted by Gasteiger charge is -2.13. The summed E-state index contributed by atoms with van der Waals surface area (Å²) in [5, 5.41) is 10.7. The molecule has 1 atom stereocenters. The van der Waals surface area contributed by atoms with Crippen LogP contribution in [0.4, 0.5) is 5.69 Å². The van der Waals surface area contributed by atoms with Crippen LogP contribution in [0, 0.1) is 17.0 Å². The number of ketones is 1. The maximum atomic E-state index is 12.2. The summed E-state index contributed by atoms with van der Waals surface area (Å²) in [7, 11) is 0. The quantitative estimate of drug-likeness (QED) is 0.478. The topological polar surface area (TPSA) is 69.4 Å². The highest BCUT2D eigenvalue weighted by Crippen LogP contribution is 2.21. The van der Waals surface area contributed by atoms with E-state index in [2.05, 4.69) is 0 Å². The SMILES string of the molecule is Cc1ccc(C(=O)C(C)Oc2cccc([N+](=O)[O-])c2)cc1. The molecule has 0 saturated carbocycles. The Balaban J connectivity index is 2.12. The largest absolute Gasteiger partial charge is 0.482 e. The standard InChI is InChI=1S/C16H15NO4/c1-11-6-8-13(9-7-11)16(18)12(2)21-15-5-3-4-14(10-15)17(19)20/h3-10,12H,1-2H3. The average molecular weight is 285 g/mol. The average Bonchev–Trinajstić information content (AvgIpc) is 2.47. The second kappa shape index (κ2) is 6.17. The van der Waals surface area contributed by atoms with E-state index in [1.54, 1.807) is 25.1 Å². The summed E-state index contributed by atoms with van der Waals surface area (Å²) in [6, 6.07) is 13.0. The predicted octanol–water partition coefficient (Wildman–Crippen LogP) is 3.55. The number of hydrogen-bond acceptors (Lipinski definition) is 4. The van der Waals surface area contributed by atoms with E-state index in [1.165, 1.54) is 18.2 Å². The van der Waals surface area contributed by atoms with Gasteiger partial charge >= 0.3 is 0 Å². The van der Waals surface area contributed by atoms with Crippen molar-refractivity contribution in [2.45, 2.75) is 20.0 Å². The van der Waals surface area contributed by atoms with Crippen LogP contribution in [0.5, 0.6) is 5.75 Å². The molecule has 0 aliphatic carbocycles. The van der Waals surface area contributed by atoms with E-state index in [0.717, 1.165) is 5.56 Å². The predicted molar refractivity (Wildman–Crippen MR) is 78.7 cm³/mol. The zero-order valence-corrected chi connectivity index (χ0v) is 11.8. The molecule has 0 fully saturated rings. The van der Waals surface area contributed by atoms with Crippen molar-refractivity contribution in [3.8, 4) is 5.75 Å². The first kappa shape index (κ1) is 14.7. The highest BCUT2D eigenvalue weighted by Gasteiger charge is 2.17. The molecule has 1 unspecified atom stereocenters. The lowest BCUT2D eigenvalue weighted by Crippen LogP contribution is -2.23. The highest BCUT2D eigenvalue weighted by molar-refractivity contribution is 5.99. The van der Waals surface area contributed by atoms with Crippen LogP contribution >= 0.6 is 0 Å². The molecule has 0 N–H and O–H groups in total. The fourth-order valence-electron chi connectivity index (χ4n) is 1.88. The molecule has 2 rings (SSSR count). The van der Waals surface area contributed by atoms with Gasteiger partial charge in [-0.3, -0.25) is 14.9 Å². The van der Waals surface area contributed by atoms with Gasteiger partial charge in [-0.2, -0.15) is 0 Å².